The van der Waals surface area contributed by atoms with Crippen molar-refractivity contribution in [3.63, 3.8) is 0 Å². The summed E-state index contributed by atoms with van der Waals surface area (Å²) in [6, 6.07) is -0.878. The fourth-order valence-electron chi connectivity index (χ4n) is 10.1. The largest absolute Gasteiger partial charge is 0.472 e. The van der Waals surface area contributed by atoms with Crippen LogP contribution in [0.5, 0.6) is 0 Å². The van der Waals surface area contributed by atoms with Crippen LogP contribution in [0, 0.1) is 0 Å². The molecule has 0 aliphatic rings. The first-order chi connectivity index (χ1) is 40.5. The highest BCUT2D eigenvalue weighted by Crippen LogP contribution is 2.43. The molecule has 0 heterocycles. The summed E-state index contributed by atoms with van der Waals surface area (Å²) < 4.78 is 23.8. The summed E-state index contributed by atoms with van der Waals surface area (Å²) in [5, 5.41) is 14.0. The van der Waals surface area contributed by atoms with Gasteiger partial charge in [0.2, 0.25) is 5.91 Å². The molecule has 8 nitrogen and oxygen atoms in total. The summed E-state index contributed by atoms with van der Waals surface area (Å²) in [6.07, 6.45) is 92.8. The van der Waals surface area contributed by atoms with Gasteiger partial charge in [0.15, 0.2) is 0 Å². The first kappa shape index (κ1) is 80.4. The number of allylic oxidation sites excluding steroid dienone is 15. The summed E-state index contributed by atoms with van der Waals surface area (Å²) in [5.74, 6) is -0.193. The summed E-state index contributed by atoms with van der Waals surface area (Å²) in [6.45, 7) is 4.70. The van der Waals surface area contributed by atoms with Gasteiger partial charge in [0.05, 0.1) is 39.9 Å². The van der Waals surface area contributed by atoms with Crippen LogP contribution in [-0.4, -0.2) is 73.4 Å². The molecule has 1 amide bonds. The van der Waals surface area contributed by atoms with E-state index in [0.717, 1.165) is 77.0 Å². The average Bonchev–Trinajstić information content (AvgIpc) is 3.50. The predicted molar refractivity (Wildman–Crippen MR) is 364 cm³/mol. The van der Waals surface area contributed by atoms with Crippen LogP contribution in [0.15, 0.2) is 97.2 Å². The molecule has 3 N–H and O–H groups in total. The van der Waals surface area contributed by atoms with Gasteiger partial charge in [0, 0.05) is 6.42 Å². The molecule has 0 spiro atoms. The fraction of sp³-hybridized carbons (Fsp3) is 0.770. The van der Waals surface area contributed by atoms with Crippen LogP contribution in [0.2, 0.25) is 0 Å². The van der Waals surface area contributed by atoms with Crippen LogP contribution in [0.3, 0.4) is 0 Å². The molecule has 83 heavy (non-hydrogen) atoms. The Labute approximate surface area is 515 Å². The molecule has 3 atom stereocenters. The van der Waals surface area contributed by atoms with Crippen LogP contribution in [0.25, 0.3) is 0 Å². The van der Waals surface area contributed by atoms with Crippen molar-refractivity contribution in [2.75, 3.05) is 40.9 Å². The monoisotopic (exact) mass is 1180 g/mol. The lowest BCUT2D eigenvalue weighted by Gasteiger charge is -2.25. The number of quaternary nitrogens is 1. The summed E-state index contributed by atoms with van der Waals surface area (Å²) in [7, 11) is 1.54. The molecule has 0 aromatic carbocycles. The third-order valence-electron chi connectivity index (χ3n) is 15.5. The average molecular weight is 1180 g/mol. The Kier molecular flexibility index (Phi) is 61.9. The smallest absolute Gasteiger partial charge is 0.387 e. The number of aliphatic hydroxyl groups excluding tert-OH is 1. The van der Waals surface area contributed by atoms with E-state index >= 15 is 0 Å². The van der Waals surface area contributed by atoms with Crippen molar-refractivity contribution in [3.05, 3.63) is 97.2 Å². The number of unbranched alkanes of at least 4 members (excludes halogenated alkanes) is 37. The van der Waals surface area contributed by atoms with Gasteiger partial charge in [-0.3, -0.25) is 13.8 Å². The SMILES string of the molecule is CC/C=C\C/C=C\C/C=C\C/C=C\C/C=C\CCCCCCCCCCCCCCCC(=O)NC(COP(=O)(O)OCC[N+](C)(C)C)C(O)/C=C/CC/C=C/CC/C=C/CCCCCCCCCCCCCCCCCCCCCCCC. The predicted octanol–water partition coefficient (Wildman–Crippen LogP) is 22.5. The molecule has 0 bridgehead atoms. The molecule has 0 rings (SSSR count). The molecule has 0 saturated heterocycles. The molecule has 0 saturated carbocycles. The van der Waals surface area contributed by atoms with Crippen molar-refractivity contribution >= 4 is 13.7 Å². The maximum atomic E-state index is 13.0. The molecule has 0 aliphatic heterocycles. The zero-order valence-electron chi connectivity index (χ0n) is 55.2. The number of hydrogen-bond acceptors (Lipinski definition) is 5. The number of hydrogen-bond donors (Lipinski definition) is 3. The van der Waals surface area contributed by atoms with Gasteiger partial charge >= 0.3 is 7.82 Å². The van der Waals surface area contributed by atoms with Gasteiger partial charge in [-0.1, -0.05) is 317 Å². The number of rotatable bonds is 64. The van der Waals surface area contributed by atoms with Gasteiger partial charge < -0.3 is 19.8 Å². The van der Waals surface area contributed by atoms with Crippen LogP contribution in [0.4, 0.5) is 0 Å². The van der Waals surface area contributed by atoms with E-state index in [-0.39, 0.29) is 19.1 Å². The zero-order valence-corrected chi connectivity index (χ0v) is 56.1. The van der Waals surface area contributed by atoms with Crippen molar-refractivity contribution in [3.8, 4) is 0 Å². The minimum Gasteiger partial charge on any atom is -0.387 e. The van der Waals surface area contributed by atoms with Crippen molar-refractivity contribution in [2.24, 2.45) is 0 Å². The summed E-state index contributed by atoms with van der Waals surface area (Å²) >= 11 is 0. The number of nitrogens with one attached hydrogen (secondary N) is 1. The number of likely N-dealkylation sites (N-methyl/N-ethyl adjacent to an activating group) is 1. The highest BCUT2D eigenvalue weighted by molar-refractivity contribution is 7.47. The minimum absolute atomic E-state index is 0.0498. The van der Waals surface area contributed by atoms with E-state index in [1.54, 1.807) is 6.08 Å². The van der Waals surface area contributed by atoms with Crippen LogP contribution < -0.4 is 5.32 Å². The standard InChI is InChI=1S/C74H135N2O6P/c1-6-8-10-12-14-16-18-20-22-24-26-28-30-32-34-36-37-38-40-41-43-45-47-49-51-53-55-57-59-61-63-65-67-73(77)72(71-82-83(79,80)81-70-69-76(3,4)5)75-74(78)68-66-64-62-60-58-56-54-52-50-48-46-44-42-39-35-33-31-29-27-25-23-21-19-17-15-13-11-9-7-2/h9,11,15,17,21,23,27,29,33,35,49,51,57,59,65,67,72-73,77H,6-8,10,12-14,16,18-20,22,24-26,28,30-32,34,36-48,50,52-56,58,60-64,66,68-71H2,1-5H3,(H-,75,78,79,80)/p+1/b11-9-,17-15-,23-21-,29-27-,35-33-,51-49+,59-57+,67-65+. The number of amides is 1. The highest BCUT2D eigenvalue weighted by atomic mass is 31.2. The lowest BCUT2D eigenvalue weighted by molar-refractivity contribution is -0.870. The Balaban J connectivity index is 4.15. The molecular weight excluding hydrogens is 1040 g/mol. The van der Waals surface area contributed by atoms with Crippen LogP contribution in [0.1, 0.15) is 316 Å². The van der Waals surface area contributed by atoms with Gasteiger partial charge in [-0.05, 0) is 89.9 Å². The maximum absolute atomic E-state index is 13.0. The van der Waals surface area contributed by atoms with Gasteiger partial charge in [-0.25, -0.2) is 4.57 Å². The van der Waals surface area contributed by atoms with E-state index in [9.17, 15) is 19.4 Å². The highest BCUT2D eigenvalue weighted by Gasteiger charge is 2.28. The molecule has 0 aromatic rings. The Morgan fingerprint density at radius 3 is 1.11 bits per heavy atom. The molecular formula is C74H136N2O6P+. The normalized spacial score (nSPS) is 14.3. The van der Waals surface area contributed by atoms with Gasteiger partial charge in [0.25, 0.3) is 0 Å². The van der Waals surface area contributed by atoms with Crippen molar-refractivity contribution in [1.29, 1.82) is 0 Å². The Hall–Kier alpha value is -2.58. The number of phosphoric acid groups is 1. The molecule has 3 unspecified atom stereocenters. The number of nitrogens with zero attached hydrogens (tertiary/aromatic N) is 1. The van der Waals surface area contributed by atoms with Crippen LogP contribution >= 0.6 is 7.82 Å². The number of carbonyl (C=O) groups is 1. The van der Waals surface area contributed by atoms with E-state index < -0.39 is 20.0 Å². The number of carbonyl (C=O) groups excluding carboxylic acids is 1. The van der Waals surface area contributed by atoms with E-state index in [0.29, 0.717) is 17.4 Å². The topological polar surface area (TPSA) is 105 Å². The second-order valence-electron chi connectivity index (χ2n) is 24.9. The zero-order chi connectivity index (χ0) is 60.5. The van der Waals surface area contributed by atoms with Crippen molar-refractivity contribution < 1.29 is 32.9 Å². The van der Waals surface area contributed by atoms with Gasteiger partial charge in [-0.15, -0.1) is 0 Å². The second-order valence-corrected chi connectivity index (χ2v) is 26.3. The van der Waals surface area contributed by atoms with E-state index in [4.69, 9.17) is 9.05 Å². The van der Waals surface area contributed by atoms with E-state index in [2.05, 4.69) is 104 Å². The Morgan fingerprint density at radius 2 is 0.735 bits per heavy atom. The Morgan fingerprint density at radius 1 is 0.422 bits per heavy atom. The Bertz CT molecular complexity index is 1670. The molecule has 482 valence electrons. The van der Waals surface area contributed by atoms with Crippen molar-refractivity contribution in [2.45, 2.75) is 328 Å². The lowest BCUT2D eigenvalue weighted by Crippen LogP contribution is -2.45. The fourth-order valence-corrected chi connectivity index (χ4v) is 10.8. The summed E-state index contributed by atoms with van der Waals surface area (Å²) in [4.78, 5) is 23.4. The lowest BCUT2D eigenvalue weighted by atomic mass is 10.0. The molecule has 0 fully saturated rings. The maximum Gasteiger partial charge on any atom is 0.472 e. The third kappa shape index (κ3) is 66.8. The van der Waals surface area contributed by atoms with Gasteiger partial charge in [0.1, 0.15) is 13.2 Å². The third-order valence-corrected chi connectivity index (χ3v) is 16.5. The van der Waals surface area contributed by atoms with Crippen LogP contribution in [-0.2, 0) is 18.4 Å². The van der Waals surface area contributed by atoms with E-state index in [1.807, 2.05) is 27.2 Å². The molecule has 0 radical (unpaired) electrons. The van der Waals surface area contributed by atoms with Crippen molar-refractivity contribution in [1.82, 2.24) is 5.32 Å². The first-order valence-electron chi connectivity index (χ1n) is 35.1. The number of aliphatic hydroxyl groups is 1. The summed E-state index contributed by atoms with van der Waals surface area (Å²) in [5.41, 5.74) is 0. The molecule has 0 aliphatic carbocycles. The van der Waals surface area contributed by atoms with Gasteiger partial charge in [-0.2, -0.15) is 0 Å². The molecule has 0 aromatic heterocycles. The van der Waals surface area contributed by atoms with E-state index in [1.165, 1.54) is 218 Å². The first-order valence-corrected chi connectivity index (χ1v) is 36.6. The number of phosphoric ester groups is 1. The minimum atomic E-state index is -4.37. The molecule has 9 heteroatoms. The second kappa shape index (κ2) is 63.9. The quantitative estimate of drug-likeness (QED) is 0.0243.